The molecule has 0 heterocycles. The fourth-order valence-corrected chi connectivity index (χ4v) is 10.1. The Labute approximate surface area is 276 Å². The summed E-state index contributed by atoms with van der Waals surface area (Å²) in [6.45, 7) is 8.75. The van der Waals surface area contributed by atoms with Crippen molar-refractivity contribution in [2.75, 3.05) is 0 Å². The Morgan fingerprint density at radius 2 is 1.02 bits per heavy atom. The van der Waals surface area contributed by atoms with Crippen LogP contribution in [0.4, 0.5) is 0 Å². The molecule has 222 valence electrons. The molecule has 0 aliphatic rings. The second kappa shape index (κ2) is 15.3. The van der Waals surface area contributed by atoms with Crippen molar-refractivity contribution in [3.63, 3.8) is 0 Å². The third kappa shape index (κ3) is 7.58. The summed E-state index contributed by atoms with van der Waals surface area (Å²) in [4.78, 5) is 0. The molecule has 0 saturated heterocycles. The van der Waals surface area contributed by atoms with Gasteiger partial charge in [0, 0.05) is 0 Å². The molecule has 44 heavy (non-hydrogen) atoms. The maximum absolute atomic E-state index is 6.24. The molecular formula is C41H38Cl2Zr-2. The molecule has 0 unspecified atom stereocenters. The zero-order valence-corrected chi connectivity index (χ0v) is 29.8. The Kier molecular flexibility index (Phi) is 11.2. The first-order valence-corrected chi connectivity index (χ1v) is 22.8. The predicted molar refractivity (Wildman–Crippen MR) is 193 cm³/mol. The van der Waals surface area contributed by atoms with Crippen LogP contribution in [0, 0.1) is 13.8 Å². The van der Waals surface area contributed by atoms with Crippen molar-refractivity contribution in [2.45, 2.75) is 40.5 Å². The number of fused-ring (bicyclic) bond motifs is 4. The molecule has 0 saturated carbocycles. The Bertz CT molecular complexity index is 1910. The molecule has 0 aliphatic heterocycles. The second-order valence-corrected chi connectivity index (χ2v) is 19.2. The molecule has 0 aromatic heterocycles. The summed E-state index contributed by atoms with van der Waals surface area (Å²) in [7, 11) is 12.5. The average molecular weight is 693 g/mol. The van der Waals surface area contributed by atoms with Crippen molar-refractivity contribution in [3.8, 4) is 0 Å². The SMILES string of the molecule is CCc1ccc2c(c1)[cH-]c1cc(CC)ccc12.Cc1[cH-]c2ccccc2c1C.[Cl][Zr]([Cl])=[C](c1ccccc1)c1ccccc1. The molecule has 0 bridgehead atoms. The van der Waals surface area contributed by atoms with Gasteiger partial charge in [-0.15, -0.1) is 80.3 Å². The van der Waals surface area contributed by atoms with E-state index in [1.165, 1.54) is 54.6 Å². The zero-order chi connectivity index (χ0) is 31.1. The van der Waals surface area contributed by atoms with Gasteiger partial charge in [0.2, 0.25) is 0 Å². The van der Waals surface area contributed by atoms with Gasteiger partial charge in [0.05, 0.1) is 0 Å². The summed E-state index contributed by atoms with van der Waals surface area (Å²) in [6, 6.07) is 47.0. The van der Waals surface area contributed by atoms with Crippen LogP contribution in [0.2, 0.25) is 0 Å². The van der Waals surface area contributed by atoms with Crippen LogP contribution in [0.3, 0.4) is 0 Å². The van der Waals surface area contributed by atoms with Gasteiger partial charge in [0.1, 0.15) is 0 Å². The average Bonchev–Trinajstić information content (AvgIpc) is 3.57. The normalized spacial score (nSPS) is 10.7. The number of aryl methyl sites for hydroxylation is 4. The standard InChI is InChI=1S/C17H17.C13H10.C11H11.2ClH.Zr/c1-3-12-5-7-16-14(9-12)11-15-10-13(4-2)6-8-17(15)16;1-3-7-12(8-4-1)11-13-9-5-2-6-10-13;1-8-7-10-5-3-4-6-11(10)9(8)2;;;/h5-11H,3-4H2,1-2H3;1-10H;3-7H,1-2H3;2*1H;/q-1;;-1;;;+2/p-2. The van der Waals surface area contributed by atoms with Gasteiger partial charge in [0.15, 0.2) is 0 Å². The molecule has 0 fully saturated rings. The summed E-state index contributed by atoms with van der Waals surface area (Å²) >= 11 is -2.44. The van der Waals surface area contributed by atoms with Crippen LogP contribution in [-0.2, 0) is 31.7 Å². The number of rotatable bonds is 4. The number of hydrogen-bond acceptors (Lipinski definition) is 0. The molecule has 0 spiro atoms. The molecule has 3 heteroatoms. The first-order chi connectivity index (χ1) is 21.4. The van der Waals surface area contributed by atoms with Crippen LogP contribution >= 0.6 is 17.0 Å². The molecule has 7 aromatic rings. The second-order valence-electron chi connectivity index (χ2n) is 11.1. The van der Waals surface area contributed by atoms with E-state index in [2.05, 4.69) is 125 Å². The molecule has 0 radical (unpaired) electrons. The molecule has 0 amide bonds. The van der Waals surface area contributed by atoms with Crippen molar-refractivity contribution >= 4 is 52.5 Å². The topological polar surface area (TPSA) is 0 Å². The van der Waals surface area contributed by atoms with Gasteiger partial charge >= 0.3 is 111 Å². The first-order valence-electron chi connectivity index (χ1n) is 15.3. The minimum atomic E-state index is -2.44. The van der Waals surface area contributed by atoms with Crippen molar-refractivity contribution < 1.29 is 18.9 Å². The monoisotopic (exact) mass is 690 g/mol. The van der Waals surface area contributed by atoms with Crippen LogP contribution < -0.4 is 0 Å². The molecule has 7 aromatic carbocycles. The van der Waals surface area contributed by atoms with Crippen LogP contribution in [0.15, 0.2) is 133 Å². The predicted octanol–water partition coefficient (Wildman–Crippen LogP) is 12.2. The molecule has 0 atom stereocenters. The fraction of sp³-hybridized carbons (Fsp3) is 0.146. The molecule has 0 nitrogen and oxygen atoms in total. The van der Waals surface area contributed by atoms with Gasteiger partial charge in [-0.2, -0.15) is 5.56 Å². The van der Waals surface area contributed by atoms with Crippen LogP contribution in [0.25, 0.3) is 32.3 Å². The van der Waals surface area contributed by atoms with Gasteiger partial charge < -0.3 is 0 Å². The summed E-state index contributed by atoms with van der Waals surface area (Å²) in [5.74, 6) is 0. The van der Waals surface area contributed by atoms with Crippen molar-refractivity contribution in [2.24, 2.45) is 0 Å². The summed E-state index contributed by atoms with van der Waals surface area (Å²) in [6.07, 6.45) is 2.22. The van der Waals surface area contributed by atoms with Crippen LogP contribution in [0.1, 0.15) is 47.2 Å². The van der Waals surface area contributed by atoms with E-state index in [-0.39, 0.29) is 0 Å². The van der Waals surface area contributed by atoms with Gasteiger partial charge in [-0.05, 0) is 12.8 Å². The summed E-state index contributed by atoms with van der Waals surface area (Å²) in [5.41, 5.74) is 7.94. The van der Waals surface area contributed by atoms with E-state index in [0.717, 1.165) is 27.2 Å². The van der Waals surface area contributed by atoms with Crippen LogP contribution in [0.5, 0.6) is 0 Å². The third-order valence-electron chi connectivity index (χ3n) is 8.29. The first kappa shape index (κ1) is 32.3. The quantitative estimate of drug-likeness (QED) is 0.161. The molecular weight excluding hydrogens is 655 g/mol. The summed E-state index contributed by atoms with van der Waals surface area (Å²) < 4.78 is 1.15. The fourth-order valence-electron chi connectivity index (χ4n) is 5.67. The van der Waals surface area contributed by atoms with Crippen molar-refractivity contribution in [3.05, 3.63) is 167 Å². The van der Waals surface area contributed by atoms with E-state index in [4.69, 9.17) is 17.0 Å². The zero-order valence-electron chi connectivity index (χ0n) is 25.9. The van der Waals surface area contributed by atoms with Crippen molar-refractivity contribution in [1.82, 2.24) is 0 Å². The minimum absolute atomic E-state index is 1.11. The van der Waals surface area contributed by atoms with Gasteiger partial charge in [-0.3, -0.25) is 0 Å². The Hall–Kier alpha value is -3.09. The van der Waals surface area contributed by atoms with E-state index in [1.807, 2.05) is 36.4 Å². The Morgan fingerprint density at radius 3 is 1.48 bits per heavy atom. The van der Waals surface area contributed by atoms with Crippen LogP contribution in [-0.4, -0.2) is 3.21 Å². The third-order valence-corrected chi connectivity index (χ3v) is 12.9. The van der Waals surface area contributed by atoms with E-state index in [1.54, 1.807) is 0 Å². The number of benzene rings is 5. The Morgan fingerprint density at radius 1 is 0.545 bits per heavy atom. The van der Waals surface area contributed by atoms with E-state index in [0.29, 0.717) is 0 Å². The number of hydrogen-bond donors (Lipinski definition) is 0. The molecule has 0 aliphatic carbocycles. The molecule has 0 N–H and O–H groups in total. The maximum atomic E-state index is 6.24. The van der Waals surface area contributed by atoms with Gasteiger partial charge in [-0.1, -0.05) is 69.2 Å². The summed E-state index contributed by atoms with van der Waals surface area (Å²) in [5, 5.41) is 8.30. The van der Waals surface area contributed by atoms with E-state index in [9.17, 15) is 0 Å². The van der Waals surface area contributed by atoms with E-state index < -0.39 is 18.9 Å². The van der Waals surface area contributed by atoms with Gasteiger partial charge in [-0.25, -0.2) is 0 Å². The van der Waals surface area contributed by atoms with Crippen molar-refractivity contribution in [1.29, 1.82) is 0 Å². The number of halogens is 2. The van der Waals surface area contributed by atoms with Gasteiger partial charge in [0.25, 0.3) is 0 Å². The Balaban J connectivity index is 0.000000134. The molecule has 7 rings (SSSR count). The van der Waals surface area contributed by atoms with E-state index >= 15 is 0 Å².